The van der Waals surface area contributed by atoms with Gasteiger partial charge in [-0.25, -0.2) is 4.98 Å². The largest absolute Gasteiger partial charge is 0.494 e. The van der Waals surface area contributed by atoms with E-state index in [1.165, 1.54) is 16.3 Å². The Morgan fingerprint density at radius 2 is 1.67 bits per heavy atom. The summed E-state index contributed by atoms with van der Waals surface area (Å²) < 4.78 is 10.8. The first-order chi connectivity index (χ1) is 13.3. The first-order valence-corrected chi connectivity index (χ1v) is 8.96. The van der Waals surface area contributed by atoms with Crippen LogP contribution >= 0.6 is 0 Å². The molecule has 4 heteroatoms. The Labute approximate surface area is 158 Å². The van der Waals surface area contributed by atoms with E-state index in [1.54, 1.807) is 14.2 Å². The van der Waals surface area contributed by atoms with E-state index in [4.69, 9.17) is 14.5 Å². The average molecular weight is 358 g/mol. The molecule has 0 fully saturated rings. The van der Waals surface area contributed by atoms with Crippen LogP contribution in [0.4, 0.5) is 5.69 Å². The van der Waals surface area contributed by atoms with Gasteiger partial charge in [-0.05, 0) is 28.5 Å². The number of aromatic nitrogens is 1. The van der Waals surface area contributed by atoms with Gasteiger partial charge in [-0.15, -0.1) is 0 Å². The highest BCUT2D eigenvalue weighted by Crippen LogP contribution is 2.31. The molecule has 27 heavy (non-hydrogen) atoms. The number of hydrogen-bond donors (Lipinski definition) is 1. The molecule has 4 nitrogen and oxygen atoms in total. The van der Waals surface area contributed by atoms with Crippen molar-refractivity contribution in [1.82, 2.24) is 4.98 Å². The van der Waals surface area contributed by atoms with Crippen molar-refractivity contribution in [2.24, 2.45) is 0 Å². The second-order valence-corrected chi connectivity index (χ2v) is 6.44. The third-order valence-corrected chi connectivity index (χ3v) is 4.72. The average Bonchev–Trinajstić information content (AvgIpc) is 2.71. The molecular weight excluding hydrogens is 336 g/mol. The normalized spacial score (nSPS) is 11.0. The minimum atomic E-state index is 0.455. The van der Waals surface area contributed by atoms with E-state index in [1.807, 2.05) is 12.1 Å². The number of benzene rings is 3. The summed E-state index contributed by atoms with van der Waals surface area (Å²) in [6, 6.07) is 22.9. The number of pyridine rings is 1. The first kappa shape index (κ1) is 17.3. The Hall–Kier alpha value is -3.11. The topological polar surface area (TPSA) is 43.4 Å². The molecule has 0 aliphatic carbocycles. The highest BCUT2D eigenvalue weighted by molar-refractivity contribution is 5.95. The van der Waals surface area contributed by atoms with Crippen LogP contribution in [0.3, 0.4) is 0 Å². The van der Waals surface area contributed by atoms with Crippen molar-refractivity contribution in [3.8, 4) is 5.75 Å². The zero-order valence-electron chi connectivity index (χ0n) is 15.5. The van der Waals surface area contributed by atoms with E-state index >= 15 is 0 Å². The van der Waals surface area contributed by atoms with Gasteiger partial charge in [0.2, 0.25) is 0 Å². The maximum atomic E-state index is 5.50. The molecule has 0 atom stereocenters. The van der Waals surface area contributed by atoms with E-state index in [2.05, 4.69) is 59.9 Å². The van der Waals surface area contributed by atoms with Crippen LogP contribution in [0.25, 0.3) is 21.7 Å². The standard InChI is InChI=1S/C23H22N2O2/c1-26-15-18-13-21(20-11-6-12-22(27-2)23(20)25-18)24-14-17-9-5-8-16-7-3-4-10-19(16)17/h3-13H,14-15H2,1-2H3,(H,24,25). The van der Waals surface area contributed by atoms with Crippen molar-refractivity contribution in [2.75, 3.05) is 19.5 Å². The van der Waals surface area contributed by atoms with Crippen molar-refractivity contribution in [3.05, 3.63) is 78.0 Å². The van der Waals surface area contributed by atoms with E-state index in [0.29, 0.717) is 6.61 Å². The van der Waals surface area contributed by atoms with Crippen LogP contribution < -0.4 is 10.1 Å². The quantitative estimate of drug-likeness (QED) is 0.517. The number of para-hydroxylation sites is 1. The van der Waals surface area contributed by atoms with Crippen LogP contribution in [0, 0.1) is 0 Å². The third kappa shape index (κ3) is 3.44. The molecule has 1 aromatic heterocycles. The summed E-state index contributed by atoms with van der Waals surface area (Å²) in [4.78, 5) is 4.71. The van der Waals surface area contributed by atoms with Crippen LogP contribution in [0.15, 0.2) is 66.7 Å². The van der Waals surface area contributed by atoms with Crippen LogP contribution in [-0.4, -0.2) is 19.2 Å². The van der Waals surface area contributed by atoms with Gasteiger partial charge in [0, 0.05) is 24.7 Å². The van der Waals surface area contributed by atoms with Gasteiger partial charge in [-0.3, -0.25) is 0 Å². The van der Waals surface area contributed by atoms with Gasteiger partial charge in [0.1, 0.15) is 11.3 Å². The Bertz CT molecular complexity index is 1090. The Morgan fingerprint density at radius 1 is 0.889 bits per heavy atom. The van der Waals surface area contributed by atoms with Gasteiger partial charge in [0.05, 0.1) is 19.4 Å². The lowest BCUT2D eigenvalue weighted by molar-refractivity contribution is 0.182. The minimum Gasteiger partial charge on any atom is -0.494 e. The van der Waals surface area contributed by atoms with Gasteiger partial charge < -0.3 is 14.8 Å². The first-order valence-electron chi connectivity index (χ1n) is 8.96. The molecule has 1 N–H and O–H groups in total. The number of methoxy groups -OCH3 is 2. The second kappa shape index (κ2) is 7.64. The van der Waals surface area contributed by atoms with E-state index in [-0.39, 0.29) is 0 Å². The van der Waals surface area contributed by atoms with Gasteiger partial charge >= 0.3 is 0 Å². The summed E-state index contributed by atoms with van der Waals surface area (Å²) in [6.45, 7) is 1.18. The molecule has 1 heterocycles. The molecule has 4 aromatic rings. The SMILES string of the molecule is COCc1cc(NCc2cccc3ccccc23)c2cccc(OC)c2n1. The summed E-state index contributed by atoms with van der Waals surface area (Å²) in [5, 5.41) is 7.14. The molecule has 3 aromatic carbocycles. The molecule has 0 unspecified atom stereocenters. The molecule has 4 rings (SSSR count). The van der Waals surface area contributed by atoms with Crippen molar-refractivity contribution < 1.29 is 9.47 Å². The zero-order chi connectivity index (χ0) is 18.6. The number of nitrogens with one attached hydrogen (secondary N) is 1. The van der Waals surface area contributed by atoms with Crippen molar-refractivity contribution in [3.63, 3.8) is 0 Å². The van der Waals surface area contributed by atoms with Crippen LogP contribution in [0.2, 0.25) is 0 Å². The number of rotatable bonds is 6. The van der Waals surface area contributed by atoms with Crippen LogP contribution in [-0.2, 0) is 17.9 Å². The van der Waals surface area contributed by atoms with E-state index < -0.39 is 0 Å². The number of anilines is 1. The summed E-state index contributed by atoms with van der Waals surface area (Å²) >= 11 is 0. The smallest absolute Gasteiger partial charge is 0.145 e. The van der Waals surface area contributed by atoms with E-state index in [9.17, 15) is 0 Å². The lowest BCUT2D eigenvalue weighted by Crippen LogP contribution is -2.04. The monoisotopic (exact) mass is 358 g/mol. The fraction of sp³-hybridized carbons (Fsp3) is 0.174. The maximum absolute atomic E-state index is 5.50. The highest BCUT2D eigenvalue weighted by Gasteiger charge is 2.10. The van der Waals surface area contributed by atoms with Gasteiger partial charge in [0.15, 0.2) is 0 Å². The summed E-state index contributed by atoms with van der Waals surface area (Å²) in [5.41, 5.74) is 4.00. The summed E-state index contributed by atoms with van der Waals surface area (Å²) in [5.74, 6) is 0.763. The van der Waals surface area contributed by atoms with Crippen molar-refractivity contribution >= 4 is 27.4 Å². The number of ether oxygens (including phenoxy) is 2. The highest BCUT2D eigenvalue weighted by atomic mass is 16.5. The molecule has 0 aliphatic heterocycles. The molecule has 136 valence electrons. The van der Waals surface area contributed by atoms with Gasteiger partial charge in [0.25, 0.3) is 0 Å². The summed E-state index contributed by atoms with van der Waals surface area (Å²) in [6.07, 6.45) is 0. The zero-order valence-corrected chi connectivity index (χ0v) is 15.5. The Balaban J connectivity index is 1.74. The third-order valence-electron chi connectivity index (χ3n) is 4.72. The number of nitrogens with zero attached hydrogens (tertiary/aromatic N) is 1. The minimum absolute atomic E-state index is 0.455. The molecule has 0 saturated heterocycles. The molecule has 0 spiro atoms. The fourth-order valence-electron chi connectivity index (χ4n) is 3.45. The molecule has 0 amide bonds. The predicted molar refractivity (Wildman–Crippen MR) is 110 cm³/mol. The molecular formula is C23H22N2O2. The number of hydrogen-bond acceptors (Lipinski definition) is 4. The lowest BCUT2D eigenvalue weighted by Gasteiger charge is -2.14. The summed E-state index contributed by atoms with van der Waals surface area (Å²) in [7, 11) is 3.35. The lowest BCUT2D eigenvalue weighted by atomic mass is 10.0. The van der Waals surface area contributed by atoms with E-state index in [0.717, 1.165) is 34.6 Å². The van der Waals surface area contributed by atoms with Gasteiger partial charge in [-0.1, -0.05) is 54.6 Å². The van der Waals surface area contributed by atoms with Crippen LogP contribution in [0.1, 0.15) is 11.3 Å². The molecule has 0 radical (unpaired) electrons. The fourth-order valence-corrected chi connectivity index (χ4v) is 3.45. The number of fused-ring (bicyclic) bond motifs is 2. The molecule has 0 bridgehead atoms. The van der Waals surface area contributed by atoms with Crippen LogP contribution in [0.5, 0.6) is 5.75 Å². The maximum Gasteiger partial charge on any atom is 0.145 e. The van der Waals surface area contributed by atoms with Crippen molar-refractivity contribution in [2.45, 2.75) is 13.2 Å². The molecule has 0 aliphatic rings. The Morgan fingerprint density at radius 3 is 2.52 bits per heavy atom. The van der Waals surface area contributed by atoms with Gasteiger partial charge in [-0.2, -0.15) is 0 Å². The second-order valence-electron chi connectivity index (χ2n) is 6.44. The van der Waals surface area contributed by atoms with Crippen molar-refractivity contribution in [1.29, 1.82) is 0 Å². The predicted octanol–water partition coefficient (Wildman–Crippen LogP) is 5.16. The Kier molecular flexibility index (Phi) is 4.90. The molecule has 0 saturated carbocycles.